The number of hydrogen-bond acceptors (Lipinski definition) is 5. The van der Waals surface area contributed by atoms with Gasteiger partial charge in [0.25, 0.3) is 17.7 Å². The maximum absolute atomic E-state index is 13.1. The van der Waals surface area contributed by atoms with E-state index in [0.29, 0.717) is 25.1 Å². The number of nitrogens with one attached hydrogen (secondary N) is 2. The van der Waals surface area contributed by atoms with Crippen LogP contribution in [0.3, 0.4) is 0 Å². The fourth-order valence-corrected chi connectivity index (χ4v) is 2.97. The third kappa shape index (κ3) is 7.65. The van der Waals surface area contributed by atoms with Gasteiger partial charge in [-0.15, -0.1) is 0 Å². The molecule has 1 saturated heterocycles. The molecule has 1 aromatic carbocycles. The van der Waals surface area contributed by atoms with E-state index < -0.39 is 29.4 Å². The van der Waals surface area contributed by atoms with Gasteiger partial charge in [0.1, 0.15) is 6.04 Å². The Kier molecular flexibility index (Phi) is 8.12. The third-order valence-corrected chi connectivity index (χ3v) is 4.66. The van der Waals surface area contributed by atoms with E-state index in [1.165, 1.54) is 31.5 Å². The average molecular weight is 433 g/mol. The number of alkyl halides is 2. The lowest BCUT2D eigenvalue weighted by molar-refractivity contribution is -0.136. The van der Waals surface area contributed by atoms with Gasteiger partial charge in [-0.1, -0.05) is 11.8 Å². The largest absolute Gasteiger partial charge is 0.388 e. The number of amides is 2. The minimum atomic E-state index is -2.60. The quantitative estimate of drug-likeness (QED) is 0.306. The molecule has 31 heavy (non-hydrogen) atoms. The van der Waals surface area contributed by atoms with E-state index in [1.807, 2.05) is 0 Å². The first kappa shape index (κ1) is 24.3. The van der Waals surface area contributed by atoms with Crippen LogP contribution in [0.4, 0.5) is 8.78 Å². The van der Waals surface area contributed by atoms with Gasteiger partial charge in [0, 0.05) is 37.1 Å². The summed E-state index contributed by atoms with van der Waals surface area (Å²) in [6.07, 6.45) is 0.342. The van der Waals surface area contributed by atoms with Gasteiger partial charge >= 0.3 is 0 Å². The van der Waals surface area contributed by atoms with Crippen molar-refractivity contribution >= 4 is 11.8 Å². The fraction of sp³-hybridized carbons (Fsp3) is 0.455. The van der Waals surface area contributed by atoms with Crippen molar-refractivity contribution in [3.63, 3.8) is 0 Å². The average Bonchev–Trinajstić information content (AvgIpc) is 3.06. The third-order valence-electron chi connectivity index (χ3n) is 4.66. The highest BCUT2D eigenvalue weighted by Crippen LogP contribution is 2.26. The number of carbonyl (C=O) groups excluding carboxylic acids is 2. The molecule has 4 N–H and O–H groups in total. The van der Waals surface area contributed by atoms with E-state index in [9.17, 15) is 23.5 Å². The standard InChI is InChI=1S/C22H25F2N3O4/c1-21(2,30)18(20(29)26-31)25-19(28)17-10-8-16(9-11-17)7-5-3-4-6-13-27-14-12-22(23,24)15-27/h8-11,18,30-31H,6,12-15H2,1-2H3,(H,25,28)(H,26,29)/t18-/m1/s1. The molecule has 1 heterocycles. The normalized spacial score (nSPS) is 16.3. The maximum Gasteiger partial charge on any atom is 0.268 e. The molecule has 0 bridgehead atoms. The van der Waals surface area contributed by atoms with E-state index in [1.54, 1.807) is 17.0 Å². The Balaban J connectivity index is 1.88. The zero-order valence-electron chi connectivity index (χ0n) is 17.3. The molecule has 0 spiro atoms. The monoisotopic (exact) mass is 433 g/mol. The summed E-state index contributed by atoms with van der Waals surface area (Å²) >= 11 is 0. The Morgan fingerprint density at radius 3 is 2.48 bits per heavy atom. The summed E-state index contributed by atoms with van der Waals surface area (Å²) < 4.78 is 26.2. The van der Waals surface area contributed by atoms with Crippen LogP contribution in [-0.4, -0.2) is 64.2 Å². The van der Waals surface area contributed by atoms with Crippen LogP contribution < -0.4 is 10.8 Å². The van der Waals surface area contributed by atoms with E-state index in [0.717, 1.165) is 0 Å². The second kappa shape index (κ2) is 10.4. The van der Waals surface area contributed by atoms with Gasteiger partial charge in [-0.05, 0) is 50.0 Å². The molecule has 9 heteroatoms. The highest BCUT2D eigenvalue weighted by molar-refractivity contribution is 5.97. The zero-order chi connectivity index (χ0) is 23.1. The van der Waals surface area contributed by atoms with Crippen LogP contribution in [0.2, 0.25) is 0 Å². The molecule has 1 aliphatic heterocycles. The highest BCUT2D eigenvalue weighted by atomic mass is 19.3. The molecule has 0 radical (unpaired) electrons. The molecule has 1 aromatic rings. The van der Waals surface area contributed by atoms with Gasteiger partial charge in [-0.2, -0.15) is 0 Å². The van der Waals surface area contributed by atoms with Crippen molar-refractivity contribution in [2.45, 2.75) is 44.3 Å². The first-order valence-corrected chi connectivity index (χ1v) is 9.68. The summed E-state index contributed by atoms with van der Waals surface area (Å²) in [7, 11) is 0. The lowest BCUT2D eigenvalue weighted by Gasteiger charge is -2.28. The molecule has 1 aliphatic rings. The van der Waals surface area contributed by atoms with E-state index in [-0.39, 0.29) is 18.5 Å². The first-order valence-electron chi connectivity index (χ1n) is 9.68. The molecule has 0 aliphatic carbocycles. The van der Waals surface area contributed by atoms with Crippen molar-refractivity contribution in [3.8, 4) is 23.7 Å². The van der Waals surface area contributed by atoms with Crippen LogP contribution in [-0.2, 0) is 4.79 Å². The van der Waals surface area contributed by atoms with Gasteiger partial charge in [-0.25, -0.2) is 14.3 Å². The first-order chi connectivity index (χ1) is 14.5. The molecule has 1 fully saturated rings. The number of aliphatic hydroxyl groups is 1. The molecule has 0 saturated carbocycles. The zero-order valence-corrected chi connectivity index (χ0v) is 17.3. The smallest absolute Gasteiger partial charge is 0.268 e. The number of hydrogen-bond donors (Lipinski definition) is 4. The van der Waals surface area contributed by atoms with Gasteiger partial charge in [0.15, 0.2) is 0 Å². The number of carbonyl (C=O) groups is 2. The summed E-state index contributed by atoms with van der Waals surface area (Å²) in [4.78, 5) is 25.7. The van der Waals surface area contributed by atoms with E-state index >= 15 is 0 Å². The predicted molar refractivity (Wildman–Crippen MR) is 109 cm³/mol. The van der Waals surface area contributed by atoms with Crippen LogP contribution >= 0.6 is 0 Å². The summed E-state index contributed by atoms with van der Waals surface area (Å²) in [6.45, 7) is 3.29. The Morgan fingerprint density at radius 1 is 1.26 bits per heavy atom. The topological polar surface area (TPSA) is 102 Å². The number of hydroxylamine groups is 1. The molecule has 0 aromatic heterocycles. The minimum absolute atomic E-state index is 0.110. The van der Waals surface area contributed by atoms with Gasteiger partial charge in [0.2, 0.25) is 0 Å². The van der Waals surface area contributed by atoms with Gasteiger partial charge in [0.05, 0.1) is 12.1 Å². The van der Waals surface area contributed by atoms with Crippen LogP contribution in [0.15, 0.2) is 24.3 Å². The van der Waals surface area contributed by atoms with E-state index in [4.69, 9.17) is 5.21 Å². The Labute approximate surface area is 179 Å². The Hall–Kier alpha value is -2.98. The summed E-state index contributed by atoms with van der Waals surface area (Å²) in [5.74, 6) is 6.85. The van der Waals surface area contributed by atoms with Crippen molar-refractivity contribution in [1.82, 2.24) is 15.7 Å². The minimum Gasteiger partial charge on any atom is -0.388 e. The van der Waals surface area contributed by atoms with Crippen molar-refractivity contribution in [3.05, 3.63) is 35.4 Å². The summed E-state index contributed by atoms with van der Waals surface area (Å²) in [6, 6.07) is 4.84. The highest BCUT2D eigenvalue weighted by Gasteiger charge is 2.37. The number of benzene rings is 1. The summed E-state index contributed by atoms with van der Waals surface area (Å²) in [5, 5.41) is 21.2. The molecule has 0 unspecified atom stereocenters. The van der Waals surface area contributed by atoms with Crippen molar-refractivity contribution in [2.24, 2.45) is 0 Å². The lowest BCUT2D eigenvalue weighted by atomic mass is 9.97. The Morgan fingerprint density at radius 2 is 1.94 bits per heavy atom. The molecular weight excluding hydrogens is 408 g/mol. The van der Waals surface area contributed by atoms with Crippen molar-refractivity contribution in [2.75, 3.05) is 19.6 Å². The fourth-order valence-electron chi connectivity index (χ4n) is 2.97. The molecule has 7 nitrogen and oxygen atoms in total. The van der Waals surface area contributed by atoms with Crippen molar-refractivity contribution < 1.29 is 28.7 Å². The molecule has 166 valence electrons. The second-order valence-electron chi connectivity index (χ2n) is 7.80. The van der Waals surface area contributed by atoms with Gasteiger partial charge < -0.3 is 10.4 Å². The van der Waals surface area contributed by atoms with Crippen LogP contribution in [0.1, 0.15) is 42.6 Å². The summed E-state index contributed by atoms with van der Waals surface area (Å²) in [5.41, 5.74) is 0.662. The molecule has 2 amide bonds. The SMILES string of the molecule is CC(C)(O)[C@H](NC(=O)c1ccc(C#CC#CCCN2CCC(F)(F)C2)cc1)C(=O)NO. The van der Waals surface area contributed by atoms with Crippen molar-refractivity contribution in [1.29, 1.82) is 0 Å². The van der Waals surface area contributed by atoms with Crippen LogP contribution in [0, 0.1) is 23.7 Å². The van der Waals surface area contributed by atoms with E-state index in [2.05, 4.69) is 29.0 Å². The predicted octanol–water partition coefficient (Wildman–Crippen LogP) is 1.15. The number of halogens is 2. The lowest BCUT2D eigenvalue weighted by Crippen LogP contribution is -2.57. The number of likely N-dealkylation sites (tertiary alicyclic amines) is 1. The molecular formula is C22H25F2N3O4. The van der Waals surface area contributed by atoms with Crippen LogP contribution in [0.5, 0.6) is 0 Å². The Bertz CT molecular complexity index is 919. The maximum atomic E-state index is 13.1. The molecule has 2 rings (SSSR count). The molecule has 1 atom stereocenters. The second-order valence-corrected chi connectivity index (χ2v) is 7.80. The van der Waals surface area contributed by atoms with Crippen LogP contribution in [0.25, 0.3) is 0 Å². The number of rotatable bonds is 6. The number of nitrogens with zero attached hydrogens (tertiary/aromatic N) is 1. The van der Waals surface area contributed by atoms with Gasteiger partial charge in [-0.3, -0.25) is 19.7 Å².